The van der Waals surface area contributed by atoms with Gasteiger partial charge in [-0.3, -0.25) is 20.2 Å². The Hall–Kier alpha value is -3.33. The molecule has 1 amide bonds. The molecule has 2 N–H and O–H groups in total. The largest absolute Gasteiger partial charge is 0.465 e. The molecule has 0 unspecified atom stereocenters. The summed E-state index contributed by atoms with van der Waals surface area (Å²) in [6, 6.07) is 10.1. The third-order valence-corrected chi connectivity index (χ3v) is 3.67. The first-order chi connectivity index (χ1) is 12.3. The van der Waals surface area contributed by atoms with Crippen molar-refractivity contribution in [3.05, 3.63) is 69.3 Å². The van der Waals surface area contributed by atoms with E-state index in [4.69, 9.17) is 12.2 Å². The lowest BCUT2D eigenvalue weighted by Gasteiger charge is -2.11. The van der Waals surface area contributed by atoms with E-state index in [1.807, 2.05) is 0 Å². The van der Waals surface area contributed by atoms with E-state index in [9.17, 15) is 19.7 Å². The molecule has 134 valence electrons. The summed E-state index contributed by atoms with van der Waals surface area (Å²) < 4.78 is 4.59. The molecule has 2 aromatic carbocycles. The Kier molecular flexibility index (Phi) is 5.97. The van der Waals surface area contributed by atoms with Crippen LogP contribution in [0.1, 0.15) is 26.3 Å². The van der Waals surface area contributed by atoms with Crippen molar-refractivity contribution in [1.29, 1.82) is 0 Å². The average Bonchev–Trinajstić information content (AvgIpc) is 2.62. The van der Waals surface area contributed by atoms with Gasteiger partial charge in [0.2, 0.25) is 0 Å². The Morgan fingerprint density at radius 3 is 2.27 bits per heavy atom. The van der Waals surface area contributed by atoms with Crippen LogP contribution in [0.5, 0.6) is 0 Å². The SMILES string of the molecule is COC(=O)c1ccc(C(=O)NC(=S)Nc2ccc([N+](=O)[O-])cc2C)cc1. The van der Waals surface area contributed by atoms with Crippen LogP contribution in [0, 0.1) is 17.0 Å². The highest BCUT2D eigenvalue weighted by atomic mass is 32.1. The maximum Gasteiger partial charge on any atom is 0.337 e. The number of non-ortho nitro benzene ring substituents is 1. The Labute approximate surface area is 154 Å². The number of benzene rings is 2. The number of methoxy groups -OCH3 is 1. The fraction of sp³-hybridized carbons (Fsp3) is 0.118. The summed E-state index contributed by atoms with van der Waals surface area (Å²) in [5.74, 6) is -0.957. The van der Waals surface area contributed by atoms with Crippen molar-refractivity contribution in [2.24, 2.45) is 0 Å². The zero-order chi connectivity index (χ0) is 19.3. The molecule has 0 saturated carbocycles. The lowest BCUT2D eigenvalue weighted by molar-refractivity contribution is -0.384. The topological polar surface area (TPSA) is 111 Å². The summed E-state index contributed by atoms with van der Waals surface area (Å²) >= 11 is 5.09. The van der Waals surface area contributed by atoms with Crippen LogP contribution in [0.3, 0.4) is 0 Å². The minimum atomic E-state index is -0.497. The second kappa shape index (κ2) is 8.17. The number of aryl methyl sites for hydroxylation is 1. The van der Waals surface area contributed by atoms with Gasteiger partial charge in [-0.1, -0.05) is 0 Å². The second-order valence-corrected chi connectivity index (χ2v) is 5.64. The molecule has 0 aliphatic heterocycles. The highest BCUT2D eigenvalue weighted by Gasteiger charge is 2.12. The number of ether oxygens (including phenoxy) is 1. The number of nitro groups is 1. The molecule has 0 aliphatic rings. The summed E-state index contributed by atoms with van der Waals surface area (Å²) in [4.78, 5) is 33.8. The van der Waals surface area contributed by atoms with E-state index >= 15 is 0 Å². The van der Waals surface area contributed by atoms with Gasteiger partial charge in [0.05, 0.1) is 17.6 Å². The summed E-state index contributed by atoms with van der Waals surface area (Å²) in [5, 5.41) is 16.1. The fourth-order valence-electron chi connectivity index (χ4n) is 2.11. The first-order valence-electron chi connectivity index (χ1n) is 7.37. The fourth-order valence-corrected chi connectivity index (χ4v) is 2.31. The van der Waals surface area contributed by atoms with Crippen molar-refractivity contribution >= 4 is 40.6 Å². The Bertz CT molecular complexity index is 880. The number of nitrogens with zero attached hydrogens (tertiary/aromatic N) is 1. The molecule has 2 aromatic rings. The van der Waals surface area contributed by atoms with E-state index in [0.29, 0.717) is 22.4 Å². The number of amides is 1. The molecule has 0 aliphatic carbocycles. The lowest BCUT2D eigenvalue weighted by atomic mass is 10.1. The van der Waals surface area contributed by atoms with Crippen LogP contribution in [0.25, 0.3) is 0 Å². The van der Waals surface area contributed by atoms with Crippen molar-refractivity contribution in [2.45, 2.75) is 6.92 Å². The molecular weight excluding hydrogens is 358 g/mol. The number of nitro benzene ring substituents is 1. The molecule has 0 bridgehead atoms. The monoisotopic (exact) mass is 373 g/mol. The van der Waals surface area contributed by atoms with E-state index in [1.165, 1.54) is 49.6 Å². The van der Waals surface area contributed by atoms with Gasteiger partial charge in [0.1, 0.15) is 0 Å². The van der Waals surface area contributed by atoms with Crippen molar-refractivity contribution < 1.29 is 19.2 Å². The number of carbonyl (C=O) groups excluding carboxylic acids is 2. The maximum absolute atomic E-state index is 12.2. The molecule has 0 heterocycles. The number of hydrogen-bond acceptors (Lipinski definition) is 6. The molecule has 0 radical (unpaired) electrons. The van der Waals surface area contributed by atoms with Crippen LogP contribution in [0.15, 0.2) is 42.5 Å². The van der Waals surface area contributed by atoms with Crippen molar-refractivity contribution in [3.63, 3.8) is 0 Å². The average molecular weight is 373 g/mol. The van der Waals surface area contributed by atoms with Gasteiger partial charge in [0.15, 0.2) is 5.11 Å². The van der Waals surface area contributed by atoms with Crippen LogP contribution in [0.2, 0.25) is 0 Å². The zero-order valence-corrected chi connectivity index (χ0v) is 14.8. The van der Waals surface area contributed by atoms with E-state index < -0.39 is 16.8 Å². The van der Waals surface area contributed by atoms with Crippen LogP contribution in [-0.2, 0) is 4.74 Å². The molecule has 0 saturated heterocycles. The molecule has 2 rings (SSSR count). The highest BCUT2D eigenvalue weighted by Crippen LogP contribution is 2.21. The molecule has 0 fully saturated rings. The van der Waals surface area contributed by atoms with Gasteiger partial charge >= 0.3 is 5.97 Å². The summed E-state index contributed by atoms with van der Waals surface area (Å²) in [6.45, 7) is 1.69. The lowest BCUT2D eigenvalue weighted by Crippen LogP contribution is -2.34. The van der Waals surface area contributed by atoms with Crippen LogP contribution in [-0.4, -0.2) is 29.0 Å². The maximum atomic E-state index is 12.2. The molecule has 0 spiro atoms. The van der Waals surface area contributed by atoms with Crippen LogP contribution >= 0.6 is 12.2 Å². The van der Waals surface area contributed by atoms with Crippen LogP contribution < -0.4 is 10.6 Å². The highest BCUT2D eigenvalue weighted by molar-refractivity contribution is 7.80. The molecule has 8 nitrogen and oxygen atoms in total. The third-order valence-electron chi connectivity index (χ3n) is 3.46. The quantitative estimate of drug-likeness (QED) is 0.367. The zero-order valence-electron chi connectivity index (χ0n) is 13.9. The van der Waals surface area contributed by atoms with Gasteiger partial charge in [-0.15, -0.1) is 0 Å². The third kappa shape index (κ3) is 4.61. The molecule has 26 heavy (non-hydrogen) atoms. The van der Waals surface area contributed by atoms with E-state index in [-0.39, 0.29) is 10.8 Å². The number of esters is 1. The van der Waals surface area contributed by atoms with Gasteiger partial charge in [0.25, 0.3) is 11.6 Å². The summed E-state index contributed by atoms with van der Waals surface area (Å²) in [6.07, 6.45) is 0. The molecule has 0 atom stereocenters. The van der Waals surface area contributed by atoms with Gasteiger partial charge in [0, 0.05) is 23.4 Å². The predicted molar refractivity (Wildman–Crippen MR) is 99.3 cm³/mol. The van der Waals surface area contributed by atoms with Crippen molar-refractivity contribution in [3.8, 4) is 0 Å². The number of anilines is 1. The van der Waals surface area contributed by atoms with Crippen molar-refractivity contribution in [1.82, 2.24) is 5.32 Å². The smallest absolute Gasteiger partial charge is 0.337 e. The second-order valence-electron chi connectivity index (χ2n) is 5.23. The van der Waals surface area contributed by atoms with Crippen LogP contribution in [0.4, 0.5) is 11.4 Å². The number of nitrogens with one attached hydrogen (secondary N) is 2. The normalized spacial score (nSPS) is 9.92. The number of hydrogen-bond donors (Lipinski definition) is 2. The van der Waals surface area contributed by atoms with E-state index in [0.717, 1.165) is 0 Å². The number of thiocarbonyl (C=S) groups is 1. The Morgan fingerprint density at radius 1 is 1.12 bits per heavy atom. The molecule has 0 aromatic heterocycles. The first kappa shape index (κ1) is 19.0. The van der Waals surface area contributed by atoms with Gasteiger partial charge in [-0.05, 0) is 55.0 Å². The molecule has 9 heteroatoms. The molecular formula is C17H15N3O5S. The van der Waals surface area contributed by atoms with Gasteiger partial charge in [-0.2, -0.15) is 0 Å². The van der Waals surface area contributed by atoms with E-state index in [1.54, 1.807) is 6.92 Å². The first-order valence-corrected chi connectivity index (χ1v) is 7.78. The minimum absolute atomic E-state index is 0.0336. The Balaban J connectivity index is 2.02. The van der Waals surface area contributed by atoms with E-state index in [2.05, 4.69) is 15.4 Å². The van der Waals surface area contributed by atoms with Gasteiger partial charge in [-0.25, -0.2) is 4.79 Å². The van der Waals surface area contributed by atoms with Gasteiger partial charge < -0.3 is 10.1 Å². The minimum Gasteiger partial charge on any atom is -0.465 e. The standard InChI is InChI=1S/C17H15N3O5S/c1-10-9-13(20(23)24)7-8-14(10)18-17(26)19-15(21)11-3-5-12(6-4-11)16(22)25-2/h3-9H,1-2H3,(H2,18,19,21,26). The Morgan fingerprint density at radius 2 is 1.73 bits per heavy atom. The number of rotatable bonds is 4. The predicted octanol–water partition coefficient (Wildman–Crippen LogP) is 2.82. The number of carbonyl (C=O) groups is 2. The van der Waals surface area contributed by atoms with Crippen molar-refractivity contribution in [2.75, 3.05) is 12.4 Å². The summed E-state index contributed by atoms with van der Waals surface area (Å²) in [7, 11) is 1.27. The summed E-state index contributed by atoms with van der Waals surface area (Å²) in [5.41, 5.74) is 1.75.